The fourth-order valence-electron chi connectivity index (χ4n) is 3.10. The zero-order valence-electron chi connectivity index (χ0n) is 15.3. The lowest BCUT2D eigenvalue weighted by Crippen LogP contribution is -2.43. The van der Waals surface area contributed by atoms with Gasteiger partial charge >= 0.3 is 0 Å². The zero-order chi connectivity index (χ0) is 18.2. The molecule has 2 amide bonds. The minimum absolute atomic E-state index is 0.0261. The summed E-state index contributed by atoms with van der Waals surface area (Å²) in [5, 5.41) is 2.97. The second kappa shape index (κ2) is 9.30. The molecule has 1 aliphatic rings. The van der Waals surface area contributed by atoms with Crippen LogP contribution in [0, 0.1) is 5.92 Å². The van der Waals surface area contributed by atoms with Gasteiger partial charge in [-0.25, -0.2) is 0 Å². The molecule has 0 spiro atoms. The molecule has 6 nitrogen and oxygen atoms in total. The monoisotopic (exact) mass is 348 g/mol. The van der Waals surface area contributed by atoms with E-state index in [0.717, 1.165) is 25.8 Å². The van der Waals surface area contributed by atoms with Crippen molar-refractivity contribution in [2.24, 2.45) is 5.92 Å². The fraction of sp³-hybridized carbons (Fsp3) is 0.579. The van der Waals surface area contributed by atoms with Crippen LogP contribution in [0.2, 0.25) is 0 Å². The van der Waals surface area contributed by atoms with E-state index in [4.69, 9.17) is 9.47 Å². The first-order chi connectivity index (χ1) is 12.1. The molecule has 1 heterocycles. The number of likely N-dealkylation sites (tertiary alicyclic amines) is 1. The van der Waals surface area contributed by atoms with Crippen LogP contribution in [-0.2, 0) is 4.79 Å². The predicted octanol–water partition coefficient (Wildman–Crippen LogP) is 2.47. The van der Waals surface area contributed by atoms with Crippen LogP contribution in [0.15, 0.2) is 18.2 Å². The molecule has 1 aromatic carbocycles. The van der Waals surface area contributed by atoms with Crippen molar-refractivity contribution in [3.63, 3.8) is 0 Å². The molecule has 1 aromatic rings. The number of benzene rings is 1. The number of ether oxygens (including phenoxy) is 2. The molecule has 0 aromatic heterocycles. The molecule has 1 N–H and O–H groups in total. The second-order valence-electron chi connectivity index (χ2n) is 6.41. The Bertz CT molecular complexity index is 581. The summed E-state index contributed by atoms with van der Waals surface area (Å²) in [6.07, 6.45) is 3.37. The number of carbonyl (C=O) groups is 2. The van der Waals surface area contributed by atoms with Crippen LogP contribution in [0.25, 0.3) is 0 Å². The maximum Gasteiger partial charge on any atom is 0.254 e. The summed E-state index contributed by atoms with van der Waals surface area (Å²) >= 11 is 0. The minimum atomic E-state index is -0.0261. The van der Waals surface area contributed by atoms with Crippen LogP contribution < -0.4 is 14.8 Å². The van der Waals surface area contributed by atoms with Crippen LogP contribution in [0.5, 0.6) is 11.5 Å². The van der Waals surface area contributed by atoms with Gasteiger partial charge in [-0.15, -0.1) is 0 Å². The molecule has 0 bridgehead atoms. The van der Waals surface area contributed by atoms with Crippen LogP contribution in [-0.4, -0.2) is 50.6 Å². The first-order valence-electron chi connectivity index (χ1n) is 8.86. The molecule has 0 saturated carbocycles. The second-order valence-corrected chi connectivity index (χ2v) is 6.41. The molecular weight excluding hydrogens is 320 g/mol. The molecular formula is C19H28N2O4. The normalized spacial score (nSPS) is 17.1. The molecule has 6 heteroatoms. The van der Waals surface area contributed by atoms with Crippen molar-refractivity contribution in [3.8, 4) is 11.5 Å². The van der Waals surface area contributed by atoms with Crippen molar-refractivity contribution in [2.75, 3.05) is 33.9 Å². The van der Waals surface area contributed by atoms with Crippen LogP contribution in [0.4, 0.5) is 0 Å². The van der Waals surface area contributed by atoms with Crippen LogP contribution >= 0.6 is 0 Å². The van der Waals surface area contributed by atoms with Gasteiger partial charge in [-0.05, 0) is 37.3 Å². The fourth-order valence-corrected chi connectivity index (χ4v) is 3.10. The maximum absolute atomic E-state index is 12.8. The lowest BCUT2D eigenvalue weighted by molar-refractivity contribution is -0.121. The predicted molar refractivity (Wildman–Crippen MR) is 96.1 cm³/mol. The van der Waals surface area contributed by atoms with Gasteiger partial charge in [0.1, 0.15) is 11.5 Å². The average molecular weight is 348 g/mol. The SMILES string of the molecule is CCCC(=O)NCC1CCCN(C(=O)c2cc(OC)cc(OC)c2)C1. The van der Waals surface area contributed by atoms with E-state index in [0.29, 0.717) is 42.5 Å². The Labute approximate surface area is 149 Å². The highest BCUT2D eigenvalue weighted by molar-refractivity contribution is 5.95. The van der Waals surface area contributed by atoms with E-state index in [1.165, 1.54) is 0 Å². The van der Waals surface area contributed by atoms with Gasteiger partial charge in [0.15, 0.2) is 0 Å². The summed E-state index contributed by atoms with van der Waals surface area (Å²) < 4.78 is 10.5. The van der Waals surface area contributed by atoms with Crippen molar-refractivity contribution in [1.29, 1.82) is 0 Å². The van der Waals surface area contributed by atoms with Gasteiger partial charge < -0.3 is 19.7 Å². The Morgan fingerprint density at radius 3 is 2.48 bits per heavy atom. The number of hydrogen-bond acceptors (Lipinski definition) is 4. The molecule has 25 heavy (non-hydrogen) atoms. The number of nitrogens with one attached hydrogen (secondary N) is 1. The number of amides is 2. The van der Waals surface area contributed by atoms with E-state index in [9.17, 15) is 9.59 Å². The van der Waals surface area contributed by atoms with Gasteiger partial charge in [0.25, 0.3) is 5.91 Å². The Morgan fingerprint density at radius 2 is 1.88 bits per heavy atom. The largest absolute Gasteiger partial charge is 0.497 e. The standard InChI is InChI=1S/C19H28N2O4/c1-4-6-18(22)20-12-14-7-5-8-21(13-14)19(23)15-9-16(24-2)11-17(10-15)25-3/h9-11,14H,4-8,12-13H2,1-3H3,(H,20,22). The molecule has 1 fully saturated rings. The number of piperidine rings is 1. The van der Waals surface area contributed by atoms with E-state index in [1.54, 1.807) is 32.4 Å². The quantitative estimate of drug-likeness (QED) is 0.822. The van der Waals surface area contributed by atoms with Crippen molar-refractivity contribution in [1.82, 2.24) is 10.2 Å². The number of hydrogen-bond donors (Lipinski definition) is 1. The van der Waals surface area contributed by atoms with E-state index >= 15 is 0 Å². The number of rotatable bonds is 7. The molecule has 1 atom stereocenters. The third-order valence-electron chi connectivity index (χ3n) is 4.47. The van der Waals surface area contributed by atoms with Gasteiger partial charge in [-0.3, -0.25) is 9.59 Å². The highest BCUT2D eigenvalue weighted by Gasteiger charge is 2.25. The molecule has 0 radical (unpaired) electrons. The van der Waals surface area contributed by atoms with E-state index in [1.807, 2.05) is 11.8 Å². The molecule has 1 unspecified atom stereocenters. The number of carbonyl (C=O) groups excluding carboxylic acids is 2. The Morgan fingerprint density at radius 1 is 1.20 bits per heavy atom. The van der Waals surface area contributed by atoms with E-state index in [2.05, 4.69) is 5.32 Å². The van der Waals surface area contributed by atoms with E-state index in [-0.39, 0.29) is 11.8 Å². The molecule has 1 saturated heterocycles. The van der Waals surface area contributed by atoms with Crippen molar-refractivity contribution < 1.29 is 19.1 Å². The summed E-state index contributed by atoms with van der Waals surface area (Å²) in [5.74, 6) is 1.56. The summed E-state index contributed by atoms with van der Waals surface area (Å²) in [5.41, 5.74) is 0.562. The third kappa shape index (κ3) is 5.37. The van der Waals surface area contributed by atoms with Crippen molar-refractivity contribution >= 4 is 11.8 Å². The topological polar surface area (TPSA) is 67.9 Å². The Hall–Kier alpha value is -2.24. The van der Waals surface area contributed by atoms with Crippen LogP contribution in [0.1, 0.15) is 43.0 Å². The highest BCUT2D eigenvalue weighted by atomic mass is 16.5. The summed E-state index contributed by atoms with van der Waals surface area (Å²) in [6, 6.07) is 5.22. The maximum atomic E-state index is 12.8. The van der Waals surface area contributed by atoms with E-state index < -0.39 is 0 Å². The molecule has 138 valence electrons. The lowest BCUT2D eigenvalue weighted by atomic mass is 9.97. The van der Waals surface area contributed by atoms with Crippen molar-refractivity contribution in [2.45, 2.75) is 32.6 Å². The van der Waals surface area contributed by atoms with Gasteiger partial charge in [-0.2, -0.15) is 0 Å². The number of nitrogens with zero attached hydrogens (tertiary/aromatic N) is 1. The van der Waals surface area contributed by atoms with Gasteiger partial charge in [0.05, 0.1) is 14.2 Å². The Kier molecular flexibility index (Phi) is 7.10. The lowest BCUT2D eigenvalue weighted by Gasteiger charge is -2.33. The van der Waals surface area contributed by atoms with Gasteiger partial charge in [0, 0.05) is 37.7 Å². The first-order valence-corrected chi connectivity index (χ1v) is 8.86. The zero-order valence-corrected chi connectivity index (χ0v) is 15.3. The number of methoxy groups -OCH3 is 2. The highest BCUT2D eigenvalue weighted by Crippen LogP contribution is 2.25. The van der Waals surface area contributed by atoms with Gasteiger partial charge in [-0.1, -0.05) is 6.92 Å². The minimum Gasteiger partial charge on any atom is -0.497 e. The van der Waals surface area contributed by atoms with Crippen molar-refractivity contribution in [3.05, 3.63) is 23.8 Å². The molecule has 1 aliphatic heterocycles. The van der Waals surface area contributed by atoms with Crippen LogP contribution in [0.3, 0.4) is 0 Å². The summed E-state index contributed by atoms with van der Waals surface area (Å²) in [4.78, 5) is 26.3. The summed E-state index contributed by atoms with van der Waals surface area (Å²) in [7, 11) is 3.14. The summed E-state index contributed by atoms with van der Waals surface area (Å²) in [6.45, 7) is 4.01. The third-order valence-corrected chi connectivity index (χ3v) is 4.47. The smallest absolute Gasteiger partial charge is 0.254 e. The molecule has 2 rings (SSSR count). The Balaban J connectivity index is 2.00. The molecule has 0 aliphatic carbocycles. The average Bonchev–Trinajstić information content (AvgIpc) is 2.65. The first kappa shape index (κ1) is 19.1. The van der Waals surface area contributed by atoms with Gasteiger partial charge in [0.2, 0.25) is 5.91 Å².